The van der Waals surface area contributed by atoms with Crippen molar-refractivity contribution in [1.29, 1.82) is 0 Å². The number of aromatic nitrogens is 2. The molecule has 0 fully saturated rings. The van der Waals surface area contributed by atoms with E-state index in [1.165, 1.54) is 24.3 Å². The van der Waals surface area contributed by atoms with Gasteiger partial charge < -0.3 is 20.6 Å². The Hall–Kier alpha value is -4.56. The third-order valence-electron chi connectivity index (χ3n) is 6.95. The van der Waals surface area contributed by atoms with Gasteiger partial charge in [-0.2, -0.15) is 0 Å². The molecule has 2 aromatic heterocycles. The highest BCUT2D eigenvalue weighted by atomic mass is 19.1. The van der Waals surface area contributed by atoms with E-state index in [1.807, 2.05) is 30.5 Å². The molecule has 0 aliphatic carbocycles. The number of amides is 1. The SMILES string of the molecule is CNC(C)C(=O)Nc1ccc(C(c2ccc(F)cc2)(c2ccc(F)cc2)c2cccc3[nH]ccc23)[nH]c1=O. The minimum Gasteiger partial charge on any atom is -0.361 e. The monoisotopic (exact) mass is 512 g/mol. The van der Waals surface area contributed by atoms with Crippen LogP contribution in [-0.2, 0) is 10.2 Å². The molecule has 0 radical (unpaired) electrons. The molecule has 1 amide bonds. The van der Waals surface area contributed by atoms with Crippen LogP contribution in [0.15, 0.2) is 95.9 Å². The predicted molar refractivity (Wildman–Crippen MR) is 144 cm³/mol. The van der Waals surface area contributed by atoms with Crippen molar-refractivity contribution in [2.24, 2.45) is 0 Å². The Labute approximate surface area is 217 Å². The van der Waals surface area contributed by atoms with Gasteiger partial charge in [-0.15, -0.1) is 0 Å². The maximum atomic E-state index is 14.1. The van der Waals surface area contributed by atoms with Gasteiger partial charge in [-0.05, 0) is 79.2 Å². The van der Waals surface area contributed by atoms with Gasteiger partial charge in [0.05, 0.1) is 11.5 Å². The normalized spacial score (nSPS) is 12.4. The van der Waals surface area contributed by atoms with Gasteiger partial charge in [0.2, 0.25) is 5.91 Å². The van der Waals surface area contributed by atoms with Crippen LogP contribution in [0.3, 0.4) is 0 Å². The Morgan fingerprint density at radius 2 is 1.50 bits per heavy atom. The number of carbonyl (C=O) groups is 1. The molecule has 2 heterocycles. The van der Waals surface area contributed by atoms with E-state index < -0.39 is 28.7 Å². The summed E-state index contributed by atoms with van der Waals surface area (Å²) >= 11 is 0. The number of anilines is 1. The number of aromatic amines is 2. The highest BCUT2D eigenvalue weighted by Gasteiger charge is 2.41. The third kappa shape index (κ3) is 4.29. The number of H-pyrrole nitrogens is 2. The number of carbonyl (C=O) groups excluding carboxylic acids is 1. The lowest BCUT2D eigenvalue weighted by Gasteiger charge is -2.36. The molecule has 4 N–H and O–H groups in total. The molecule has 5 rings (SSSR count). The molecule has 38 heavy (non-hydrogen) atoms. The lowest BCUT2D eigenvalue weighted by atomic mass is 9.66. The molecule has 8 heteroatoms. The number of rotatable bonds is 7. The summed E-state index contributed by atoms with van der Waals surface area (Å²) in [5.41, 5.74) is 1.87. The van der Waals surface area contributed by atoms with Gasteiger partial charge in [-0.1, -0.05) is 36.4 Å². The van der Waals surface area contributed by atoms with Crippen molar-refractivity contribution in [1.82, 2.24) is 15.3 Å². The second-order valence-corrected chi connectivity index (χ2v) is 9.12. The summed E-state index contributed by atoms with van der Waals surface area (Å²) in [6.07, 6.45) is 1.82. The Balaban J connectivity index is 1.83. The highest BCUT2D eigenvalue weighted by Crippen LogP contribution is 2.46. The molecular formula is C30H26F2N4O2. The minimum atomic E-state index is -1.16. The molecule has 1 atom stereocenters. The van der Waals surface area contributed by atoms with E-state index in [1.54, 1.807) is 50.4 Å². The lowest BCUT2D eigenvalue weighted by molar-refractivity contribution is -0.117. The van der Waals surface area contributed by atoms with E-state index in [-0.39, 0.29) is 11.6 Å². The van der Waals surface area contributed by atoms with Crippen molar-refractivity contribution in [3.8, 4) is 0 Å². The van der Waals surface area contributed by atoms with Gasteiger partial charge in [0.25, 0.3) is 5.56 Å². The zero-order chi connectivity index (χ0) is 26.9. The minimum absolute atomic E-state index is 0.0906. The molecule has 1 unspecified atom stereocenters. The molecule has 192 valence electrons. The first kappa shape index (κ1) is 25.1. The summed E-state index contributed by atoms with van der Waals surface area (Å²) in [6, 6.07) is 22.5. The fraction of sp³-hybridized carbons (Fsp3) is 0.133. The summed E-state index contributed by atoms with van der Waals surface area (Å²) < 4.78 is 28.2. The number of fused-ring (bicyclic) bond motifs is 1. The summed E-state index contributed by atoms with van der Waals surface area (Å²) in [5.74, 6) is -1.18. The van der Waals surface area contributed by atoms with E-state index in [9.17, 15) is 18.4 Å². The molecule has 6 nitrogen and oxygen atoms in total. The fourth-order valence-electron chi connectivity index (χ4n) is 4.91. The van der Waals surface area contributed by atoms with Crippen molar-refractivity contribution in [2.75, 3.05) is 12.4 Å². The van der Waals surface area contributed by atoms with Crippen molar-refractivity contribution in [3.05, 3.63) is 135 Å². The molecule has 5 aromatic rings. The number of halogens is 2. The zero-order valence-electron chi connectivity index (χ0n) is 20.8. The van der Waals surface area contributed by atoms with Crippen LogP contribution in [0.1, 0.15) is 29.3 Å². The molecule has 0 bridgehead atoms. The van der Waals surface area contributed by atoms with Crippen LogP contribution in [0.2, 0.25) is 0 Å². The first-order chi connectivity index (χ1) is 18.3. The molecular weight excluding hydrogens is 486 g/mol. The molecule has 0 saturated heterocycles. The van der Waals surface area contributed by atoms with Crippen LogP contribution >= 0.6 is 0 Å². The van der Waals surface area contributed by atoms with Crippen LogP contribution in [-0.4, -0.2) is 29.0 Å². The second-order valence-electron chi connectivity index (χ2n) is 9.12. The first-order valence-corrected chi connectivity index (χ1v) is 12.1. The van der Waals surface area contributed by atoms with Crippen molar-refractivity contribution < 1.29 is 13.6 Å². The number of nitrogens with one attached hydrogen (secondary N) is 4. The number of hydrogen-bond donors (Lipinski definition) is 4. The Bertz CT molecular complexity index is 1610. The fourth-order valence-corrected chi connectivity index (χ4v) is 4.91. The lowest BCUT2D eigenvalue weighted by Crippen LogP contribution is -2.38. The Kier molecular flexibility index (Phi) is 6.65. The van der Waals surface area contributed by atoms with E-state index in [2.05, 4.69) is 20.6 Å². The third-order valence-corrected chi connectivity index (χ3v) is 6.95. The summed E-state index contributed by atoms with van der Waals surface area (Å²) in [5, 5.41) is 6.37. The zero-order valence-corrected chi connectivity index (χ0v) is 20.8. The van der Waals surface area contributed by atoms with Crippen molar-refractivity contribution >= 4 is 22.5 Å². The van der Waals surface area contributed by atoms with Crippen LogP contribution in [0.5, 0.6) is 0 Å². The standard InChI is InChI=1S/C30H26F2N4O2/c1-18(33-2)28(37)35-26-14-15-27(36-29(26)38)30(19-6-10-21(31)11-7-19,20-8-12-22(32)13-9-20)24-4-3-5-25-23(24)16-17-34-25/h3-18,33-34H,1-2H3,(H,35,37)(H,36,38). The van der Waals surface area contributed by atoms with Crippen LogP contribution < -0.4 is 16.2 Å². The van der Waals surface area contributed by atoms with E-state index in [0.29, 0.717) is 16.8 Å². The number of hydrogen-bond acceptors (Lipinski definition) is 3. The Morgan fingerprint density at radius 1 is 0.868 bits per heavy atom. The predicted octanol–water partition coefficient (Wildman–Crippen LogP) is 5.06. The van der Waals surface area contributed by atoms with Crippen LogP contribution in [0.25, 0.3) is 10.9 Å². The highest BCUT2D eigenvalue weighted by molar-refractivity contribution is 5.94. The van der Waals surface area contributed by atoms with Gasteiger partial charge in [-0.25, -0.2) is 8.78 Å². The van der Waals surface area contributed by atoms with Crippen LogP contribution in [0.4, 0.5) is 14.5 Å². The van der Waals surface area contributed by atoms with Gasteiger partial charge in [0, 0.05) is 22.8 Å². The average Bonchev–Trinajstić information content (AvgIpc) is 3.41. The molecule has 0 saturated carbocycles. The van der Waals surface area contributed by atoms with E-state index in [4.69, 9.17) is 0 Å². The summed E-state index contributed by atoms with van der Waals surface area (Å²) in [7, 11) is 1.65. The van der Waals surface area contributed by atoms with Gasteiger partial charge >= 0.3 is 0 Å². The molecule has 0 spiro atoms. The number of benzene rings is 3. The number of likely N-dealkylation sites (N-methyl/N-ethyl adjacent to an activating group) is 1. The van der Waals surface area contributed by atoms with Gasteiger partial charge in [-0.3, -0.25) is 9.59 Å². The number of pyridine rings is 1. The summed E-state index contributed by atoms with van der Waals surface area (Å²) in [6.45, 7) is 1.68. The van der Waals surface area contributed by atoms with Crippen molar-refractivity contribution in [3.63, 3.8) is 0 Å². The molecule has 3 aromatic carbocycles. The summed E-state index contributed by atoms with van der Waals surface area (Å²) in [4.78, 5) is 31.9. The molecule has 0 aliphatic heterocycles. The second kappa shape index (κ2) is 10.1. The van der Waals surface area contributed by atoms with Crippen molar-refractivity contribution in [2.45, 2.75) is 18.4 Å². The molecule has 0 aliphatic rings. The first-order valence-electron chi connectivity index (χ1n) is 12.1. The largest absolute Gasteiger partial charge is 0.361 e. The average molecular weight is 513 g/mol. The quantitative estimate of drug-likeness (QED) is 0.230. The van der Waals surface area contributed by atoms with Gasteiger partial charge in [0.15, 0.2) is 0 Å². The topological polar surface area (TPSA) is 89.8 Å². The maximum Gasteiger partial charge on any atom is 0.271 e. The van der Waals surface area contributed by atoms with E-state index >= 15 is 0 Å². The Morgan fingerprint density at radius 3 is 2.08 bits per heavy atom. The smallest absolute Gasteiger partial charge is 0.271 e. The van der Waals surface area contributed by atoms with Gasteiger partial charge in [0.1, 0.15) is 17.3 Å². The van der Waals surface area contributed by atoms with Crippen LogP contribution in [0, 0.1) is 11.6 Å². The van der Waals surface area contributed by atoms with E-state index in [0.717, 1.165) is 16.5 Å². The maximum absolute atomic E-state index is 14.1.